The SMILES string of the molecule is O=C(OCc1ccccc1)C1CC(Oc2ccc(Br)cc2)C1. The third kappa shape index (κ3) is 3.89. The molecule has 1 saturated carbocycles. The van der Waals surface area contributed by atoms with Gasteiger partial charge in [0.05, 0.1) is 5.92 Å². The van der Waals surface area contributed by atoms with E-state index in [1.165, 1.54) is 0 Å². The molecule has 0 saturated heterocycles. The van der Waals surface area contributed by atoms with E-state index < -0.39 is 0 Å². The summed E-state index contributed by atoms with van der Waals surface area (Å²) in [5, 5.41) is 0. The van der Waals surface area contributed by atoms with Gasteiger partial charge in [0.1, 0.15) is 18.5 Å². The minimum atomic E-state index is -0.125. The van der Waals surface area contributed by atoms with Crippen LogP contribution in [0, 0.1) is 5.92 Å². The van der Waals surface area contributed by atoms with Gasteiger partial charge >= 0.3 is 5.97 Å². The smallest absolute Gasteiger partial charge is 0.309 e. The Morgan fingerprint density at radius 1 is 1.05 bits per heavy atom. The van der Waals surface area contributed by atoms with Gasteiger partial charge in [-0.25, -0.2) is 0 Å². The van der Waals surface area contributed by atoms with E-state index >= 15 is 0 Å². The van der Waals surface area contributed by atoms with Crippen LogP contribution in [-0.2, 0) is 16.1 Å². The molecule has 1 fully saturated rings. The standard InChI is InChI=1S/C18H17BrO3/c19-15-6-8-16(9-7-15)22-17-10-14(11-17)18(20)21-12-13-4-2-1-3-5-13/h1-9,14,17H,10-12H2. The molecule has 4 heteroatoms. The Balaban J connectivity index is 1.41. The van der Waals surface area contributed by atoms with Crippen molar-refractivity contribution in [1.82, 2.24) is 0 Å². The van der Waals surface area contributed by atoms with Gasteiger partial charge in [-0.1, -0.05) is 46.3 Å². The molecule has 3 rings (SSSR count). The molecule has 0 aromatic heterocycles. The lowest BCUT2D eigenvalue weighted by molar-refractivity contribution is -0.156. The number of hydrogen-bond acceptors (Lipinski definition) is 3. The van der Waals surface area contributed by atoms with E-state index in [1.807, 2.05) is 54.6 Å². The third-order valence-corrected chi connectivity index (χ3v) is 4.30. The molecule has 2 aromatic carbocycles. The van der Waals surface area contributed by atoms with Crippen LogP contribution in [0.15, 0.2) is 59.1 Å². The molecule has 1 aliphatic rings. The summed E-state index contributed by atoms with van der Waals surface area (Å²) in [5.41, 5.74) is 1.01. The van der Waals surface area contributed by atoms with Crippen LogP contribution in [0.2, 0.25) is 0 Å². The zero-order chi connectivity index (χ0) is 15.4. The van der Waals surface area contributed by atoms with Crippen molar-refractivity contribution in [2.45, 2.75) is 25.6 Å². The molecule has 0 bridgehead atoms. The minimum absolute atomic E-state index is 0.0378. The lowest BCUT2D eigenvalue weighted by Gasteiger charge is -2.33. The first-order chi connectivity index (χ1) is 10.7. The summed E-state index contributed by atoms with van der Waals surface area (Å²) < 4.78 is 12.2. The molecule has 1 aliphatic carbocycles. The Morgan fingerprint density at radius 3 is 2.41 bits per heavy atom. The molecule has 0 amide bonds. The molecular formula is C18H17BrO3. The van der Waals surface area contributed by atoms with E-state index in [2.05, 4.69) is 15.9 Å². The Hall–Kier alpha value is -1.81. The minimum Gasteiger partial charge on any atom is -0.490 e. The lowest BCUT2D eigenvalue weighted by Crippen LogP contribution is -2.39. The first-order valence-electron chi connectivity index (χ1n) is 7.33. The highest BCUT2D eigenvalue weighted by molar-refractivity contribution is 9.10. The molecule has 3 nitrogen and oxygen atoms in total. The van der Waals surface area contributed by atoms with Gasteiger partial charge in [-0.15, -0.1) is 0 Å². The second kappa shape index (κ2) is 6.97. The Morgan fingerprint density at radius 2 is 1.73 bits per heavy atom. The summed E-state index contributed by atoms with van der Waals surface area (Å²) in [6, 6.07) is 17.5. The fourth-order valence-corrected chi connectivity index (χ4v) is 2.67. The van der Waals surface area contributed by atoms with Crippen molar-refractivity contribution in [3.63, 3.8) is 0 Å². The number of rotatable bonds is 5. The first-order valence-corrected chi connectivity index (χ1v) is 8.13. The van der Waals surface area contributed by atoms with Crippen molar-refractivity contribution in [2.24, 2.45) is 5.92 Å². The molecule has 0 N–H and O–H groups in total. The average molecular weight is 361 g/mol. The highest BCUT2D eigenvalue weighted by Crippen LogP contribution is 2.32. The van der Waals surface area contributed by atoms with Crippen LogP contribution in [0.3, 0.4) is 0 Å². The summed E-state index contributed by atoms with van der Waals surface area (Å²) >= 11 is 3.39. The van der Waals surface area contributed by atoms with E-state index in [0.717, 1.165) is 28.6 Å². The largest absolute Gasteiger partial charge is 0.490 e. The lowest BCUT2D eigenvalue weighted by atomic mass is 9.82. The van der Waals surface area contributed by atoms with Gasteiger partial charge < -0.3 is 9.47 Å². The van der Waals surface area contributed by atoms with Crippen LogP contribution in [0.4, 0.5) is 0 Å². The van der Waals surface area contributed by atoms with Crippen molar-refractivity contribution >= 4 is 21.9 Å². The average Bonchev–Trinajstić information content (AvgIpc) is 2.51. The molecule has 22 heavy (non-hydrogen) atoms. The number of hydrogen-bond donors (Lipinski definition) is 0. The Kier molecular flexibility index (Phi) is 4.78. The third-order valence-electron chi connectivity index (χ3n) is 3.77. The van der Waals surface area contributed by atoms with Gasteiger partial charge in [0, 0.05) is 4.47 Å². The molecule has 0 radical (unpaired) electrons. The predicted molar refractivity (Wildman–Crippen MR) is 87.5 cm³/mol. The summed E-state index contributed by atoms with van der Waals surface area (Å²) in [5.74, 6) is 0.674. The number of carbonyl (C=O) groups is 1. The molecule has 0 heterocycles. The van der Waals surface area contributed by atoms with Crippen LogP contribution < -0.4 is 4.74 Å². The zero-order valence-electron chi connectivity index (χ0n) is 12.1. The maximum absolute atomic E-state index is 12.0. The van der Waals surface area contributed by atoms with Crippen LogP contribution in [-0.4, -0.2) is 12.1 Å². The fraction of sp³-hybridized carbons (Fsp3) is 0.278. The van der Waals surface area contributed by atoms with E-state index in [4.69, 9.17) is 9.47 Å². The molecule has 0 atom stereocenters. The van der Waals surface area contributed by atoms with E-state index in [9.17, 15) is 4.79 Å². The van der Waals surface area contributed by atoms with E-state index in [0.29, 0.717) is 6.61 Å². The van der Waals surface area contributed by atoms with Gasteiger partial charge in [0.15, 0.2) is 0 Å². The van der Waals surface area contributed by atoms with Crippen molar-refractivity contribution in [2.75, 3.05) is 0 Å². The highest BCUT2D eigenvalue weighted by Gasteiger charge is 2.37. The summed E-state index contributed by atoms with van der Waals surface area (Å²) in [4.78, 5) is 12.0. The zero-order valence-corrected chi connectivity index (χ0v) is 13.7. The van der Waals surface area contributed by atoms with Crippen LogP contribution >= 0.6 is 15.9 Å². The van der Waals surface area contributed by atoms with Gasteiger partial charge in [-0.3, -0.25) is 4.79 Å². The van der Waals surface area contributed by atoms with Crippen LogP contribution in [0.25, 0.3) is 0 Å². The summed E-state index contributed by atoms with van der Waals surface area (Å²) in [6.07, 6.45) is 1.56. The number of esters is 1. The van der Waals surface area contributed by atoms with Crippen molar-refractivity contribution in [3.05, 3.63) is 64.6 Å². The topological polar surface area (TPSA) is 35.5 Å². The van der Waals surface area contributed by atoms with Crippen molar-refractivity contribution in [1.29, 1.82) is 0 Å². The molecule has 2 aromatic rings. The molecule has 0 unspecified atom stereocenters. The second-order valence-corrected chi connectivity index (χ2v) is 6.37. The van der Waals surface area contributed by atoms with Crippen LogP contribution in [0.5, 0.6) is 5.75 Å². The first kappa shape index (κ1) is 15.1. The number of benzene rings is 2. The van der Waals surface area contributed by atoms with Gasteiger partial charge in [0.25, 0.3) is 0 Å². The number of halogens is 1. The summed E-state index contributed by atoms with van der Waals surface area (Å²) in [6.45, 7) is 0.342. The number of carbonyl (C=O) groups excluding carboxylic acids is 1. The van der Waals surface area contributed by atoms with Gasteiger partial charge in [-0.2, -0.15) is 0 Å². The van der Waals surface area contributed by atoms with E-state index in [-0.39, 0.29) is 18.0 Å². The van der Waals surface area contributed by atoms with Crippen molar-refractivity contribution < 1.29 is 14.3 Å². The Labute approximate surface area is 138 Å². The quantitative estimate of drug-likeness (QED) is 0.743. The highest BCUT2D eigenvalue weighted by atomic mass is 79.9. The summed E-state index contributed by atoms with van der Waals surface area (Å²) in [7, 11) is 0. The van der Waals surface area contributed by atoms with Gasteiger partial charge in [0.2, 0.25) is 0 Å². The predicted octanol–water partition coefficient (Wildman–Crippen LogP) is 4.35. The molecule has 0 aliphatic heterocycles. The second-order valence-electron chi connectivity index (χ2n) is 5.46. The molecule has 114 valence electrons. The van der Waals surface area contributed by atoms with E-state index in [1.54, 1.807) is 0 Å². The monoisotopic (exact) mass is 360 g/mol. The maximum atomic E-state index is 12.0. The number of ether oxygens (including phenoxy) is 2. The maximum Gasteiger partial charge on any atom is 0.309 e. The van der Waals surface area contributed by atoms with Crippen LogP contribution in [0.1, 0.15) is 18.4 Å². The molecule has 0 spiro atoms. The fourth-order valence-electron chi connectivity index (χ4n) is 2.41. The molecular weight excluding hydrogens is 344 g/mol. The van der Waals surface area contributed by atoms with Crippen molar-refractivity contribution in [3.8, 4) is 5.75 Å². The Bertz CT molecular complexity index is 619. The normalized spacial score (nSPS) is 20.0. The van der Waals surface area contributed by atoms with Gasteiger partial charge in [-0.05, 0) is 42.7 Å².